The standard InChI is InChI=1S/C16H20FNO2/c1-16(2,12-7-3-4-8-13(12)17)11-18-15(19)14-9-5-6-10-20-14/h3-4,7-9H,5-6,10-11H2,1-2H3,(H,18,19). The molecule has 0 spiro atoms. The normalized spacial score (nSPS) is 15.2. The van der Waals surface area contributed by atoms with E-state index in [0.717, 1.165) is 12.8 Å². The van der Waals surface area contributed by atoms with Crippen LogP contribution in [0, 0.1) is 5.82 Å². The fourth-order valence-electron chi connectivity index (χ4n) is 2.21. The Morgan fingerprint density at radius 1 is 1.40 bits per heavy atom. The zero-order chi connectivity index (χ0) is 14.6. The van der Waals surface area contributed by atoms with Crippen LogP contribution in [0.3, 0.4) is 0 Å². The monoisotopic (exact) mass is 277 g/mol. The van der Waals surface area contributed by atoms with E-state index in [0.29, 0.717) is 24.5 Å². The van der Waals surface area contributed by atoms with Crippen molar-refractivity contribution in [2.75, 3.05) is 13.2 Å². The summed E-state index contributed by atoms with van der Waals surface area (Å²) in [4.78, 5) is 12.0. The van der Waals surface area contributed by atoms with E-state index in [1.165, 1.54) is 6.07 Å². The molecule has 2 rings (SSSR count). The van der Waals surface area contributed by atoms with Crippen LogP contribution in [0.2, 0.25) is 0 Å². The van der Waals surface area contributed by atoms with Crippen LogP contribution in [0.5, 0.6) is 0 Å². The van der Waals surface area contributed by atoms with Gasteiger partial charge >= 0.3 is 0 Å². The minimum Gasteiger partial charge on any atom is -0.488 e. The number of rotatable bonds is 4. The molecular weight excluding hydrogens is 257 g/mol. The molecule has 1 aliphatic rings. The highest BCUT2D eigenvalue weighted by Crippen LogP contribution is 2.25. The second-order valence-electron chi connectivity index (χ2n) is 5.61. The van der Waals surface area contributed by atoms with Crippen molar-refractivity contribution in [3.8, 4) is 0 Å². The Balaban J connectivity index is 2.00. The molecule has 1 heterocycles. The zero-order valence-electron chi connectivity index (χ0n) is 11.9. The summed E-state index contributed by atoms with van der Waals surface area (Å²) in [5, 5.41) is 2.82. The molecule has 0 atom stereocenters. The summed E-state index contributed by atoms with van der Waals surface area (Å²) in [5.74, 6) is -0.102. The number of hydrogen-bond donors (Lipinski definition) is 1. The first-order chi connectivity index (χ1) is 9.50. The van der Waals surface area contributed by atoms with Crippen molar-refractivity contribution in [1.29, 1.82) is 0 Å². The third-order valence-corrected chi connectivity index (χ3v) is 3.45. The van der Waals surface area contributed by atoms with Gasteiger partial charge in [0, 0.05) is 12.0 Å². The summed E-state index contributed by atoms with van der Waals surface area (Å²) in [6.07, 6.45) is 3.60. The van der Waals surface area contributed by atoms with E-state index in [4.69, 9.17) is 4.74 Å². The molecule has 0 saturated heterocycles. The van der Waals surface area contributed by atoms with Gasteiger partial charge in [-0.05, 0) is 30.5 Å². The molecule has 0 saturated carbocycles. The van der Waals surface area contributed by atoms with Crippen molar-refractivity contribution in [3.05, 3.63) is 47.5 Å². The summed E-state index contributed by atoms with van der Waals surface area (Å²) < 4.78 is 19.1. The summed E-state index contributed by atoms with van der Waals surface area (Å²) >= 11 is 0. The van der Waals surface area contributed by atoms with E-state index in [-0.39, 0.29) is 11.7 Å². The topological polar surface area (TPSA) is 38.3 Å². The van der Waals surface area contributed by atoms with E-state index >= 15 is 0 Å². The molecular formula is C16H20FNO2. The number of allylic oxidation sites excluding steroid dienone is 1. The summed E-state index contributed by atoms with van der Waals surface area (Å²) in [7, 11) is 0. The molecule has 1 aromatic carbocycles. The van der Waals surface area contributed by atoms with Gasteiger partial charge in [0.05, 0.1) is 6.61 Å². The summed E-state index contributed by atoms with van der Waals surface area (Å²) in [6, 6.07) is 6.65. The molecule has 1 aromatic rings. The SMILES string of the molecule is CC(C)(CNC(=O)C1=CCCCO1)c1ccccc1F. The maximum atomic E-state index is 13.8. The second-order valence-corrected chi connectivity index (χ2v) is 5.61. The average Bonchev–Trinajstić information content (AvgIpc) is 2.46. The number of carbonyl (C=O) groups is 1. The van der Waals surface area contributed by atoms with Crippen molar-refractivity contribution in [2.24, 2.45) is 0 Å². The summed E-state index contributed by atoms with van der Waals surface area (Å²) in [6.45, 7) is 4.74. The van der Waals surface area contributed by atoms with Crippen molar-refractivity contribution in [3.63, 3.8) is 0 Å². The van der Waals surface area contributed by atoms with Gasteiger partial charge in [0.25, 0.3) is 5.91 Å². The van der Waals surface area contributed by atoms with Crippen molar-refractivity contribution < 1.29 is 13.9 Å². The molecule has 0 fully saturated rings. The number of halogens is 1. The first-order valence-electron chi connectivity index (χ1n) is 6.87. The lowest BCUT2D eigenvalue weighted by atomic mass is 9.84. The Morgan fingerprint density at radius 2 is 2.15 bits per heavy atom. The number of amides is 1. The van der Waals surface area contributed by atoms with Gasteiger partial charge in [0.2, 0.25) is 0 Å². The Morgan fingerprint density at radius 3 is 2.80 bits per heavy atom. The van der Waals surface area contributed by atoms with E-state index in [1.54, 1.807) is 24.3 Å². The number of carbonyl (C=O) groups excluding carboxylic acids is 1. The molecule has 1 N–H and O–H groups in total. The highest BCUT2D eigenvalue weighted by molar-refractivity contribution is 5.91. The minimum atomic E-state index is -0.476. The number of nitrogens with one attached hydrogen (secondary N) is 1. The van der Waals surface area contributed by atoms with Gasteiger partial charge in [-0.2, -0.15) is 0 Å². The van der Waals surface area contributed by atoms with Gasteiger partial charge in [-0.3, -0.25) is 4.79 Å². The maximum absolute atomic E-state index is 13.8. The average molecular weight is 277 g/mol. The lowest BCUT2D eigenvalue weighted by molar-refractivity contribution is -0.121. The fourth-order valence-corrected chi connectivity index (χ4v) is 2.21. The molecule has 0 bridgehead atoms. The van der Waals surface area contributed by atoms with Crippen LogP contribution >= 0.6 is 0 Å². The van der Waals surface area contributed by atoms with Crippen LogP contribution in [0.15, 0.2) is 36.1 Å². The smallest absolute Gasteiger partial charge is 0.286 e. The Hall–Kier alpha value is -1.84. The lowest BCUT2D eigenvalue weighted by Crippen LogP contribution is -2.38. The third-order valence-electron chi connectivity index (χ3n) is 3.45. The molecule has 3 nitrogen and oxygen atoms in total. The Bertz CT molecular complexity index is 523. The molecule has 0 aromatic heterocycles. The van der Waals surface area contributed by atoms with Crippen LogP contribution in [-0.2, 0) is 14.9 Å². The summed E-state index contributed by atoms with van der Waals surface area (Å²) in [5.41, 5.74) is 0.120. The Kier molecular flexibility index (Phi) is 4.42. The van der Waals surface area contributed by atoms with Gasteiger partial charge in [0.1, 0.15) is 5.82 Å². The fraction of sp³-hybridized carbons (Fsp3) is 0.438. The van der Waals surface area contributed by atoms with Crippen LogP contribution in [0.1, 0.15) is 32.3 Å². The predicted molar refractivity (Wildman–Crippen MR) is 75.7 cm³/mol. The van der Waals surface area contributed by atoms with E-state index in [9.17, 15) is 9.18 Å². The Labute approximate surface area is 118 Å². The first kappa shape index (κ1) is 14.6. The minimum absolute atomic E-state index is 0.228. The van der Waals surface area contributed by atoms with Crippen molar-refractivity contribution in [1.82, 2.24) is 5.32 Å². The van der Waals surface area contributed by atoms with Gasteiger partial charge in [-0.1, -0.05) is 32.0 Å². The first-order valence-corrected chi connectivity index (χ1v) is 6.87. The second kappa shape index (κ2) is 6.07. The molecule has 0 radical (unpaired) electrons. The molecule has 4 heteroatoms. The van der Waals surface area contributed by atoms with E-state index < -0.39 is 5.41 Å². The highest BCUT2D eigenvalue weighted by atomic mass is 19.1. The van der Waals surface area contributed by atoms with Crippen LogP contribution < -0.4 is 5.32 Å². The number of benzene rings is 1. The number of ether oxygens (including phenoxy) is 1. The molecule has 108 valence electrons. The zero-order valence-corrected chi connectivity index (χ0v) is 11.9. The molecule has 1 aliphatic heterocycles. The van der Waals surface area contributed by atoms with Gasteiger partial charge in [-0.15, -0.1) is 0 Å². The lowest BCUT2D eigenvalue weighted by Gasteiger charge is -2.26. The molecule has 1 amide bonds. The molecule has 0 unspecified atom stereocenters. The van der Waals surface area contributed by atoms with Crippen LogP contribution in [0.4, 0.5) is 4.39 Å². The maximum Gasteiger partial charge on any atom is 0.286 e. The van der Waals surface area contributed by atoms with E-state index in [2.05, 4.69) is 5.32 Å². The quantitative estimate of drug-likeness (QED) is 0.919. The van der Waals surface area contributed by atoms with E-state index in [1.807, 2.05) is 13.8 Å². The highest BCUT2D eigenvalue weighted by Gasteiger charge is 2.25. The van der Waals surface area contributed by atoms with Crippen molar-refractivity contribution in [2.45, 2.75) is 32.1 Å². The molecule has 0 aliphatic carbocycles. The van der Waals surface area contributed by atoms with Crippen LogP contribution in [-0.4, -0.2) is 19.1 Å². The van der Waals surface area contributed by atoms with Crippen molar-refractivity contribution >= 4 is 5.91 Å². The predicted octanol–water partition coefficient (Wildman–Crippen LogP) is 2.91. The van der Waals surface area contributed by atoms with Gasteiger partial charge < -0.3 is 10.1 Å². The number of hydrogen-bond acceptors (Lipinski definition) is 2. The van der Waals surface area contributed by atoms with Gasteiger partial charge in [0.15, 0.2) is 5.76 Å². The largest absolute Gasteiger partial charge is 0.488 e. The third kappa shape index (κ3) is 3.38. The van der Waals surface area contributed by atoms with Crippen LogP contribution in [0.25, 0.3) is 0 Å². The molecule has 20 heavy (non-hydrogen) atoms. The van der Waals surface area contributed by atoms with Gasteiger partial charge in [-0.25, -0.2) is 4.39 Å².